The van der Waals surface area contributed by atoms with Gasteiger partial charge in [-0.1, -0.05) is 18.5 Å². The number of likely N-dealkylation sites (tertiary alicyclic amines) is 1. The molecule has 18 heavy (non-hydrogen) atoms. The van der Waals surface area contributed by atoms with Crippen molar-refractivity contribution < 1.29 is 9.90 Å². The first-order valence-electron chi connectivity index (χ1n) is 6.24. The Morgan fingerprint density at radius 2 is 2.39 bits per heavy atom. The van der Waals surface area contributed by atoms with Crippen molar-refractivity contribution in [2.24, 2.45) is 0 Å². The van der Waals surface area contributed by atoms with E-state index in [0.29, 0.717) is 17.3 Å². The maximum atomic E-state index is 12.4. The molecule has 0 bridgehead atoms. The van der Waals surface area contributed by atoms with E-state index in [0.717, 1.165) is 25.0 Å². The van der Waals surface area contributed by atoms with E-state index in [1.807, 2.05) is 6.92 Å². The highest BCUT2D eigenvalue weighted by molar-refractivity contribution is 6.29. The van der Waals surface area contributed by atoms with Crippen LogP contribution < -0.4 is 0 Å². The molecule has 0 saturated carbocycles. The third-order valence-electron chi connectivity index (χ3n) is 3.31. The highest BCUT2D eigenvalue weighted by Gasteiger charge is 2.29. The Morgan fingerprint density at radius 1 is 1.61 bits per heavy atom. The molecule has 1 saturated heterocycles. The van der Waals surface area contributed by atoms with Crippen molar-refractivity contribution >= 4 is 17.5 Å². The van der Waals surface area contributed by atoms with E-state index in [2.05, 4.69) is 4.98 Å². The van der Waals surface area contributed by atoms with Crippen LogP contribution in [0.5, 0.6) is 0 Å². The first-order chi connectivity index (χ1) is 8.65. The van der Waals surface area contributed by atoms with Gasteiger partial charge in [0.15, 0.2) is 0 Å². The van der Waals surface area contributed by atoms with Gasteiger partial charge in [0.1, 0.15) is 5.15 Å². The van der Waals surface area contributed by atoms with E-state index in [1.54, 1.807) is 17.0 Å². The van der Waals surface area contributed by atoms with Crippen molar-refractivity contribution in [2.75, 3.05) is 13.2 Å². The van der Waals surface area contributed by atoms with Crippen molar-refractivity contribution in [1.29, 1.82) is 0 Å². The Morgan fingerprint density at radius 3 is 3.06 bits per heavy atom. The van der Waals surface area contributed by atoms with Crippen LogP contribution in [-0.4, -0.2) is 40.1 Å². The minimum absolute atomic E-state index is 0.0190. The monoisotopic (exact) mass is 268 g/mol. The van der Waals surface area contributed by atoms with Crippen LogP contribution in [0, 0.1) is 0 Å². The molecule has 1 aliphatic rings. The van der Waals surface area contributed by atoms with Gasteiger partial charge in [-0.3, -0.25) is 4.79 Å². The van der Waals surface area contributed by atoms with Gasteiger partial charge in [-0.15, -0.1) is 0 Å². The Hall–Kier alpha value is -1.13. The van der Waals surface area contributed by atoms with Gasteiger partial charge in [0.25, 0.3) is 5.91 Å². The number of aliphatic hydroxyl groups is 1. The average molecular weight is 269 g/mol. The van der Waals surface area contributed by atoms with Crippen LogP contribution in [0.3, 0.4) is 0 Å². The van der Waals surface area contributed by atoms with E-state index in [9.17, 15) is 9.90 Å². The van der Waals surface area contributed by atoms with Gasteiger partial charge in [0.2, 0.25) is 0 Å². The Bertz CT molecular complexity index is 451. The maximum Gasteiger partial charge on any atom is 0.254 e. The minimum atomic E-state index is -0.0643. The van der Waals surface area contributed by atoms with Crippen molar-refractivity contribution in [3.63, 3.8) is 0 Å². The summed E-state index contributed by atoms with van der Waals surface area (Å²) in [6, 6.07) is 3.31. The maximum absolute atomic E-state index is 12.4. The number of halogens is 1. The zero-order valence-electron chi connectivity index (χ0n) is 10.4. The first-order valence-corrected chi connectivity index (χ1v) is 6.61. The molecule has 1 aromatic heterocycles. The molecule has 5 heteroatoms. The topological polar surface area (TPSA) is 53.4 Å². The Balaban J connectivity index is 2.25. The van der Waals surface area contributed by atoms with Gasteiger partial charge >= 0.3 is 0 Å². The lowest BCUT2D eigenvalue weighted by Gasteiger charge is -2.23. The summed E-state index contributed by atoms with van der Waals surface area (Å²) in [4.78, 5) is 18.2. The van der Waals surface area contributed by atoms with Crippen molar-refractivity contribution in [2.45, 2.75) is 32.2 Å². The Kier molecular flexibility index (Phi) is 4.19. The number of carbonyl (C=O) groups excluding carboxylic acids is 1. The molecule has 1 aromatic rings. The summed E-state index contributed by atoms with van der Waals surface area (Å²) < 4.78 is 0. The number of hydrogen-bond donors (Lipinski definition) is 1. The third-order valence-corrected chi connectivity index (χ3v) is 3.50. The number of carbonyl (C=O) groups is 1. The number of hydrogen-bond acceptors (Lipinski definition) is 3. The molecule has 1 fully saturated rings. The molecule has 0 spiro atoms. The van der Waals surface area contributed by atoms with Crippen molar-refractivity contribution in [3.05, 3.63) is 28.5 Å². The number of aryl methyl sites for hydroxylation is 1. The normalized spacial score (nSPS) is 19.3. The zero-order valence-corrected chi connectivity index (χ0v) is 11.2. The van der Waals surface area contributed by atoms with Crippen molar-refractivity contribution in [3.8, 4) is 0 Å². The van der Waals surface area contributed by atoms with Gasteiger partial charge in [-0.2, -0.15) is 0 Å². The second kappa shape index (κ2) is 5.67. The fraction of sp³-hybridized carbons (Fsp3) is 0.538. The summed E-state index contributed by atoms with van der Waals surface area (Å²) in [5.41, 5.74) is 1.37. The van der Waals surface area contributed by atoms with Gasteiger partial charge in [0, 0.05) is 17.8 Å². The third kappa shape index (κ3) is 2.65. The molecule has 0 unspecified atom stereocenters. The van der Waals surface area contributed by atoms with E-state index in [4.69, 9.17) is 11.6 Å². The molecule has 1 aliphatic heterocycles. The van der Waals surface area contributed by atoms with Crippen molar-refractivity contribution in [1.82, 2.24) is 9.88 Å². The number of nitrogens with zero attached hydrogens (tertiary/aromatic N) is 2. The number of rotatable bonds is 3. The number of aromatic nitrogens is 1. The number of amides is 1. The molecule has 1 N–H and O–H groups in total. The summed E-state index contributed by atoms with van der Waals surface area (Å²) in [7, 11) is 0. The van der Waals surface area contributed by atoms with Crippen LogP contribution in [0.25, 0.3) is 0 Å². The standard InChI is InChI=1S/C13H17ClN2O2/c1-2-10-6-9(7-12(14)15-10)13(18)16-5-3-4-11(16)8-17/h6-7,11,17H,2-5,8H2,1H3/t11-/m1/s1. The first kappa shape index (κ1) is 13.3. The predicted molar refractivity (Wildman–Crippen MR) is 69.8 cm³/mol. The molecule has 2 heterocycles. The zero-order chi connectivity index (χ0) is 13.1. The second-order valence-electron chi connectivity index (χ2n) is 4.50. The van der Waals surface area contributed by atoms with Gasteiger partial charge in [-0.25, -0.2) is 4.98 Å². The molecular weight excluding hydrogens is 252 g/mol. The van der Waals surface area contributed by atoms with Crippen LogP contribution in [0.15, 0.2) is 12.1 Å². The molecule has 0 aromatic carbocycles. The fourth-order valence-corrected chi connectivity index (χ4v) is 2.54. The second-order valence-corrected chi connectivity index (χ2v) is 4.89. The van der Waals surface area contributed by atoms with E-state index < -0.39 is 0 Å². The van der Waals surface area contributed by atoms with Crippen LogP contribution in [0.2, 0.25) is 5.15 Å². The molecule has 98 valence electrons. The van der Waals surface area contributed by atoms with Gasteiger partial charge in [0.05, 0.1) is 12.6 Å². The predicted octanol–water partition coefficient (Wildman–Crippen LogP) is 1.89. The quantitative estimate of drug-likeness (QED) is 0.852. The lowest BCUT2D eigenvalue weighted by molar-refractivity contribution is 0.0677. The summed E-state index contributed by atoms with van der Waals surface area (Å²) in [5, 5.41) is 9.60. The van der Waals surface area contributed by atoms with Crippen LogP contribution in [0.1, 0.15) is 35.8 Å². The van der Waals surface area contributed by atoms with E-state index in [-0.39, 0.29) is 18.6 Å². The van der Waals surface area contributed by atoms with E-state index >= 15 is 0 Å². The summed E-state index contributed by atoms with van der Waals surface area (Å²) >= 11 is 5.92. The largest absolute Gasteiger partial charge is 0.394 e. The minimum Gasteiger partial charge on any atom is -0.394 e. The molecule has 4 nitrogen and oxygen atoms in total. The van der Waals surface area contributed by atoms with Gasteiger partial charge < -0.3 is 10.0 Å². The molecule has 2 rings (SSSR count). The molecular formula is C13H17ClN2O2. The number of aliphatic hydroxyl groups excluding tert-OH is 1. The molecule has 1 atom stereocenters. The van der Waals surface area contributed by atoms with E-state index in [1.165, 1.54) is 0 Å². The van der Waals surface area contributed by atoms with Crippen LogP contribution >= 0.6 is 11.6 Å². The average Bonchev–Trinajstić information content (AvgIpc) is 2.85. The Labute approximate surface area is 112 Å². The highest BCUT2D eigenvalue weighted by atomic mass is 35.5. The number of pyridine rings is 1. The lowest BCUT2D eigenvalue weighted by atomic mass is 10.1. The highest BCUT2D eigenvalue weighted by Crippen LogP contribution is 2.21. The van der Waals surface area contributed by atoms with Gasteiger partial charge in [-0.05, 0) is 31.4 Å². The van der Waals surface area contributed by atoms with Crippen LogP contribution in [-0.2, 0) is 6.42 Å². The fourth-order valence-electron chi connectivity index (χ4n) is 2.31. The molecule has 0 aliphatic carbocycles. The summed E-state index contributed by atoms with van der Waals surface area (Å²) in [6.45, 7) is 2.69. The molecule has 1 amide bonds. The summed E-state index contributed by atoms with van der Waals surface area (Å²) in [6.07, 6.45) is 2.54. The van der Waals surface area contributed by atoms with Crippen LogP contribution in [0.4, 0.5) is 0 Å². The molecule has 0 radical (unpaired) electrons. The lowest BCUT2D eigenvalue weighted by Crippen LogP contribution is -2.37. The SMILES string of the molecule is CCc1cc(C(=O)N2CCC[C@@H]2CO)cc(Cl)n1. The summed E-state index contributed by atoms with van der Waals surface area (Å²) in [5.74, 6) is -0.0643. The smallest absolute Gasteiger partial charge is 0.254 e.